The van der Waals surface area contributed by atoms with Gasteiger partial charge in [0.15, 0.2) is 41.8 Å². The maximum absolute atomic E-state index is 14.5. The fourth-order valence-electron chi connectivity index (χ4n) is 11.6. The van der Waals surface area contributed by atoms with Gasteiger partial charge in [-0.15, -0.1) is 0 Å². The Hall–Kier alpha value is -4.34. The van der Waals surface area contributed by atoms with E-state index in [0.717, 1.165) is 24.4 Å². The molecule has 0 radical (unpaired) electrons. The van der Waals surface area contributed by atoms with Gasteiger partial charge >= 0.3 is 6.09 Å². The van der Waals surface area contributed by atoms with Crippen LogP contribution in [0.2, 0.25) is 0 Å². The molecule has 1 aromatic carbocycles. The highest BCUT2D eigenvalue weighted by Crippen LogP contribution is 2.50. The lowest BCUT2D eigenvalue weighted by Gasteiger charge is -2.46. The van der Waals surface area contributed by atoms with Crippen molar-refractivity contribution in [3.8, 4) is 40.9 Å². The van der Waals surface area contributed by atoms with Gasteiger partial charge in [-0.2, -0.15) is 5.48 Å². The van der Waals surface area contributed by atoms with Crippen LogP contribution in [0.1, 0.15) is 82.3 Å². The van der Waals surface area contributed by atoms with Gasteiger partial charge in [-0.05, 0) is 94.5 Å². The van der Waals surface area contributed by atoms with Gasteiger partial charge in [0.25, 0.3) is 0 Å². The minimum atomic E-state index is -2.13. The number of benzene rings is 1. The molecule has 2 aliphatic carbocycles. The third-order valence-corrected chi connectivity index (χ3v) is 22.2. The molecule has 1 aromatic heterocycles. The topological polar surface area (TPSA) is 347 Å². The Balaban J connectivity index is 1.04. The summed E-state index contributed by atoms with van der Waals surface area (Å²) >= 11 is 2.82. The summed E-state index contributed by atoms with van der Waals surface area (Å²) in [5.41, 5.74) is 8.18. The lowest BCUT2D eigenvalue weighted by Crippen LogP contribution is -2.65. The Morgan fingerprint density at radius 1 is 0.913 bits per heavy atom. The molecule has 0 saturated carbocycles. The van der Waals surface area contributed by atoms with E-state index < -0.39 is 137 Å². The number of aliphatic hydroxyl groups is 5. The number of pyridine rings is 1. The smallest absolute Gasteiger partial charge is 0.411 e. The number of nitrogens with one attached hydrogen (secondary N) is 3. The van der Waals surface area contributed by atoms with Crippen LogP contribution in [-0.4, -0.2) is 217 Å². The van der Waals surface area contributed by atoms with Gasteiger partial charge in [0.1, 0.15) is 42.4 Å². The SMILES string of the molecule is CCN[C@H]1CO[C@@H](O[C@H]2[C@H](O[C@H]3C#C/C=C/C#C[C@]4(O)CC(=O)C(NC(=O)OC)=C3/C4=C\CSSC(C)(C)c3cccnc3N)O[C@H](C)[C@@H](NO[C@H]3C[C@H](O)[C@H](SC(=O)c4c(C)c(I)c(O[C@@H]5O[C@@H](C)[C@H](O)[C@@H](OC)[C@H]5O)c(OC)c4OC)[C@@H](C)O3)[C@@H]2O)C[C@@H]1OC. The van der Waals surface area contributed by atoms with Crippen molar-refractivity contribution >= 4 is 78.8 Å². The first-order valence-electron chi connectivity index (χ1n) is 29.7. The van der Waals surface area contributed by atoms with Crippen LogP contribution < -0.4 is 36.1 Å². The Morgan fingerprint density at radius 2 is 1.64 bits per heavy atom. The Morgan fingerprint density at radius 3 is 2.32 bits per heavy atom. The highest BCUT2D eigenvalue weighted by atomic mass is 127. The maximum atomic E-state index is 14.5. The fourth-order valence-corrected chi connectivity index (χ4v) is 15.8. The van der Waals surface area contributed by atoms with Crippen molar-refractivity contribution in [1.82, 2.24) is 21.1 Å². The van der Waals surface area contributed by atoms with Crippen molar-refractivity contribution in [3.05, 3.63) is 73.7 Å². The number of aromatic nitrogens is 1. The normalized spacial score (nSPS) is 34.0. The number of likely N-dealkylation sites (N-methyl/N-ethyl adjacent to an activating group) is 1. The number of nitrogens with two attached hydrogens (primary N) is 1. The molecular weight excluding hydrogens is 1370 g/mol. The van der Waals surface area contributed by atoms with E-state index in [4.69, 9.17) is 67.4 Å². The Labute approximate surface area is 560 Å². The van der Waals surface area contributed by atoms with Crippen LogP contribution in [-0.2, 0) is 57.0 Å². The van der Waals surface area contributed by atoms with Crippen LogP contribution in [0.25, 0.3) is 0 Å². The number of methoxy groups -OCH3 is 5. The van der Waals surface area contributed by atoms with E-state index in [1.807, 2.05) is 49.4 Å². The van der Waals surface area contributed by atoms with Gasteiger partial charge in [-0.3, -0.25) is 19.7 Å². The van der Waals surface area contributed by atoms with Gasteiger partial charge in [-0.25, -0.2) is 9.78 Å². The van der Waals surface area contributed by atoms with E-state index in [1.54, 1.807) is 53.1 Å². The number of halogens is 1. The molecule has 2 aromatic rings. The van der Waals surface area contributed by atoms with Gasteiger partial charge in [-0.1, -0.05) is 76.1 Å². The Kier molecular flexibility index (Phi) is 26.0. The van der Waals surface area contributed by atoms with Crippen LogP contribution >= 0.6 is 55.9 Å². The molecule has 30 heteroatoms. The van der Waals surface area contributed by atoms with Crippen LogP contribution in [0.3, 0.4) is 0 Å². The second-order valence-electron chi connectivity index (χ2n) is 22.9. The number of ether oxygens (including phenoxy) is 12. The maximum Gasteiger partial charge on any atom is 0.411 e. The second kappa shape index (κ2) is 32.6. The molecule has 0 spiro atoms. The number of ketones is 1. The van der Waals surface area contributed by atoms with Gasteiger partial charge in [0, 0.05) is 60.5 Å². The van der Waals surface area contributed by atoms with Crippen molar-refractivity contribution in [2.24, 2.45) is 0 Å². The van der Waals surface area contributed by atoms with Crippen molar-refractivity contribution in [2.75, 3.05) is 60.2 Å². The lowest BCUT2D eigenvalue weighted by molar-refractivity contribution is -0.336. The number of hydrogen-bond acceptors (Lipinski definition) is 28. The van der Waals surface area contributed by atoms with E-state index in [-0.39, 0.29) is 70.9 Å². The van der Waals surface area contributed by atoms with Crippen molar-refractivity contribution in [1.29, 1.82) is 0 Å². The zero-order valence-electron chi connectivity index (χ0n) is 53.0. The van der Waals surface area contributed by atoms with Crippen LogP contribution in [0.5, 0.6) is 17.2 Å². The molecular formula is C62H82IN5O21S3. The number of rotatable bonds is 23. The first-order valence-corrected chi connectivity index (χ1v) is 34.0. The number of thioether (sulfide) groups is 1. The third-order valence-electron chi connectivity index (χ3n) is 16.4. The van der Waals surface area contributed by atoms with Crippen molar-refractivity contribution in [3.63, 3.8) is 0 Å². The number of carbonyl (C=O) groups excluding carboxylic acids is 3. The summed E-state index contributed by atoms with van der Waals surface area (Å²) in [7, 11) is 9.69. The summed E-state index contributed by atoms with van der Waals surface area (Å²) < 4.78 is 72.4. The van der Waals surface area contributed by atoms with Crippen LogP contribution in [0.15, 0.2) is 53.4 Å². The van der Waals surface area contributed by atoms with Gasteiger partial charge < -0.3 is 93.4 Å². The number of carbonyl (C=O) groups is 3. The molecule has 4 fully saturated rings. The number of anilines is 1. The number of alkyl carbamates (subject to hydrolysis) is 1. The quantitative estimate of drug-likeness (QED) is 0.0251. The molecule has 92 heavy (non-hydrogen) atoms. The van der Waals surface area contributed by atoms with Crippen LogP contribution in [0, 0.1) is 34.2 Å². The summed E-state index contributed by atoms with van der Waals surface area (Å²) in [5, 5.41) is 63.2. The molecule has 8 rings (SSSR count). The molecule has 2 bridgehead atoms. The highest BCUT2D eigenvalue weighted by Gasteiger charge is 2.52. The number of amides is 1. The van der Waals surface area contributed by atoms with Gasteiger partial charge in [0.05, 0.1) is 97.0 Å². The summed E-state index contributed by atoms with van der Waals surface area (Å²) in [4.78, 5) is 52.4. The average Bonchev–Trinajstić information content (AvgIpc) is 0.763. The molecule has 6 aliphatic rings. The zero-order valence-corrected chi connectivity index (χ0v) is 57.6. The number of fused-ring (bicyclic) bond motifs is 2. The second-order valence-corrected chi connectivity index (χ2v) is 28.1. The Bertz CT molecular complexity index is 3180. The summed E-state index contributed by atoms with van der Waals surface area (Å²) in [6.45, 7) is 13.4. The molecule has 506 valence electrons. The number of hydroxylamine groups is 1. The minimum Gasteiger partial charge on any atom is -0.492 e. The molecule has 4 aliphatic heterocycles. The van der Waals surface area contributed by atoms with E-state index >= 15 is 0 Å². The largest absolute Gasteiger partial charge is 0.492 e. The number of allylic oxidation sites excluding steroid dienone is 3. The number of Topliss-reactive ketones (excluding diaryl/α,β-unsaturated/α-hetero) is 1. The summed E-state index contributed by atoms with van der Waals surface area (Å²) in [6, 6.07) is 2.38. The third kappa shape index (κ3) is 16.5. The summed E-state index contributed by atoms with van der Waals surface area (Å²) in [6.07, 6.45) is -12.6. The molecule has 4 saturated heterocycles. The van der Waals surface area contributed by atoms with Crippen molar-refractivity contribution < 1.29 is 102 Å². The first-order chi connectivity index (χ1) is 43.8. The first kappa shape index (κ1) is 73.5. The number of nitrogens with zero attached hydrogens (tertiary/aromatic N) is 1. The highest BCUT2D eigenvalue weighted by molar-refractivity contribution is 14.1. The van der Waals surface area contributed by atoms with E-state index in [1.165, 1.54) is 55.1 Å². The zero-order chi connectivity index (χ0) is 66.9. The number of nitrogen functional groups attached to an aromatic ring is 1. The number of hydrogen-bond donors (Lipinski definition) is 9. The molecule has 10 N–H and O–H groups in total. The lowest BCUT2D eigenvalue weighted by atomic mass is 9.75. The van der Waals surface area contributed by atoms with E-state index in [0.29, 0.717) is 21.5 Å². The molecule has 5 heterocycles. The van der Waals surface area contributed by atoms with Crippen molar-refractivity contribution in [2.45, 2.75) is 188 Å². The van der Waals surface area contributed by atoms with Gasteiger partial charge in [0.2, 0.25) is 17.2 Å². The molecule has 0 unspecified atom stereocenters. The average molecular weight is 1460 g/mol. The van der Waals surface area contributed by atoms with E-state index in [9.17, 15) is 39.9 Å². The summed E-state index contributed by atoms with van der Waals surface area (Å²) in [5.74, 6) is 11.6. The monoisotopic (exact) mass is 1460 g/mol. The molecule has 26 nitrogen and oxygen atoms in total. The van der Waals surface area contributed by atoms with E-state index in [2.05, 4.69) is 44.8 Å². The van der Waals surface area contributed by atoms with Crippen LogP contribution in [0.4, 0.5) is 10.6 Å². The molecule has 1 amide bonds. The molecule has 19 atom stereocenters. The predicted octanol–water partition coefficient (Wildman–Crippen LogP) is 3.83. The minimum absolute atomic E-state index is 0.0202. The number of aliphatic hydroxyl groups excluding tert-OH is 4. The predicted molar refractivity (Wildman–Crippen MR) is 348 cm³/mol. The fraction of sp³-hybridized carbons (Fsp3) is 0.613. The standard InChI is InChI=1S/C62H82IN5O21S3/c1-13-65-35-28-82-40(26-39(35)77-8)87-53-48(72)45(68-89-41-25-36(69)55(32(5)83-41)91-57(74)42-29(2)44(63)51(54(80-11)50(42)78-9)88-58-49(73)52(79-10)47(71)31(4)85-58)30(3)84-59(53)86-38-20-16-14-15-17-22-62(76)27-37(70)46(67-60(75)81-12)43(38)33(62)21-24-90-92-61(6,7)34-19-18-23-66-56(34)64/h14-15,18-19,21,23,30-32,35-36,38-41,45,47-49,52-53,55,58-59,65,68-69,71-73,76H,13,24-28H2,1-12H3,(H2,64,66)(H,67,75)/b15-14+,33-21+/t30-,31+,32-,35+,36+,38+,39+,40+,41+,45-,47+,48+,49-,52-,53-,55-,58+,59+,62+/m1/s1.